The monoisotopic (exact) mass is 512 g/mol. The van der Waals surface area contributed by atoms with E-state index in [0.717, 1.165) is 17.5 Å². The summed E-state index contributed by atoms with van der Waals surface area (Å²) < 4.78 is 7.17. The van der Waals surface area contributed by atoms with E-state index in [9.17, 15) is 9.90 Å². The van der Waals surface area contributed by atoms with Crippen LogP contribution in [-0.4, -0.2) is 41.0 Å². The molecule has 0 radical (unpaired) electrons. The maximum Gasteiger partial charge on any atom is 0.408 e. The Morgan fingerprint density at radius 1 is 1.19 bits per heavy atom. The van der Waals surface area contributed by atoms with Gasteiger partial charge < -0.3 is 21.0 Å². The summed E-state index contributed by atoms with van der Waals surface area (Å²) in [6.07, 6.45) is 4.17. The van der Waals surface area contributed by atoms with Gasteiger partial charge in [0.25, 0.3) is 0 Å². The molecule has 0 bridgehead atoms. The first-order valence-electron chi connectivity index (χ1n) is 12.7. The Labute approximate surface area is 217 Å². The summed E-state index contributed by atoms with van der Waals surface area (Å²) in [5.41, 5.74) is 13.7. The molecule has 3 rings (SSSR count). The molecule has 1 aliphatic rings. The van der Waals surface area contributed by atoms with Crippen LogP contribution in [0.1, 0.15) is 71.6 Å². The van der Waals surface area contributed by atoms with E-state index in [2.05, 4.69) is 59.6 Å². The summed E-state index contributed by atoms with van der Waals surface area (Å²) in [4.78, 5) is 19.2. The Morgan fingerprint density at radius 3 is 2.36 bits per heavy atom. The normalized spacial score (nSPS) is 22.0. The molecule has 2 aromatic rings. The lowest BCUT2D eigenvalue weighted by Crippen LogP contribution is -2.63. The first-order chi connectivity index (χ1) is 16.5. The minimum absolute atomic E-state index is 0.0416. The molecule has 1 amide bonds. The third kappa shape index (κ3) is 5.11. The van der Waals surface area contributed by atoms with Gasteiger partial charge in [-0.15, -0.1) is 0 Å². The van der Waals surface area contributed by atoms with Crippen molar-refractivity contribution in [2.24, 2.45) is 5.41 Å². The summed E-state index contributed by atoms with van der Waals surface area (Å²) in [6, 6.07) is 9.30. The number of carbonyl (C=O) groups is 1. The van der Waals surface area contributed by atoms with Gasteiger partial charge in [0.15, 0.2) is 8.32 Å². The van der Waals surface area contributed by atoms with Crippen molar-refractivity contribution >= 4 is 25.8 Å². The lowest BCUT2D eigenvalue weighted by Gasteiger charge is -2.55. The largest absolute Gasteiger partial charge is 0.465 e. The molecule has 0 spiro atoms. The molecule has 0 unspecified atom stereocenters. The number of nitrogen functional groups attached to an aromatic ring is 2. The number of hydrogen-bond acceptors (Lipinski definition) is 5. The van der Waals surface area contributed by atoms with Crippen LogP contribution in [-0.2, 0) is 10.8 Å². The van der Waals surface area contributed by atoms with Gasteiger partial charge in [0.1, 0.15) is 0 Å². The Bertz CT molecular complexity index is 1080. The van der Waals surface area contributed by atoms with Gasteiger partial charge in [-0.2, -0.15) is 0 Å². The third-order valence-corrected chi connectivity index (χ3v) is 12.9. The van der Waals surface area contributed by atoms with E-state index in [-0.39, 0.29) is 11.1 Å². The van der Waals surface area contributed by atoms with E-state index >= 15 is 0 Å². The molecule has 0 aliphatic carbocycles. The number of rotatable bonds is 6. The number of anilines is 2. The van der Waals surface area contributed by atoms with Crippen molar-refractivity contribution in [2.75, 3.05) is 11.5 Å². The van der Waals surface area contributed by atoms with Gasteiger partial charge in [0.05, 0.1) is 23.0 Å². The molecule has 8 heteroatoms. The van der Waals surface area contributed by atoms with Gasteiger partial charge in [-0.05, 0) is 66.6 Å². The summed E-state index contributed by atoms with van der Waals surface area (Å²) in [6.45, 7) is 17.5. The number of aromatic nitrogens is 1. The minimum Gasteiger partial charge on any atom is -0.465 e. The van der Waals surface area contributed by atoms with E-state index in [1.54, 1.807) is 17.2 Å². The molecule has 3 atom stereocenters. The second-order valence-electron chi connectivity index (χ2n) is 12.7. The first kappa shape index (κ1) is 28.0. The zero-order valence-corrected chi connectivity index (χ0v) is 24.1. The van der Waals surface area contributed by atoms with Crippen LogP contribution in [0.4, 0.5) is 16.2 Å². The molecule has 5 N–H and O–H groups in total. The number of carboxylic acid groups (broad SMARTS) is 1. The second kappa shape index (κ2) is 9.71. The number of nitrogens with two attached hydrogens (primary N) is 2. The predicted molar refractivity (Wildman–Crippen MR) is 149 cm³/mol. The van der Waals surface area contributed by atoms with Crippen LogP contribution in [0.2, 0.25) is 18.1 Å². The highest BCUT2D eigenvalue weighted by atomic mass is 28.4. The number of likely N-dealkylation sites (tertiary alicyclic amines) is 1. The van der Waals surface area contributed by atoms with E-state index in [1.807, 2.05) is 30.5 Å². The van der Waals surface area contributed by atoms with Crippen molar-refractivity contribution in [1.82, 2.24) is 9.88 Å². The molecular weight excluding hydrogens is 468 g/mol. The Balaban J connectivity index is 2.17. The van der Waals surface area contributed by atoms with Crippen molar-refractivity contribution in [3.63, 3.8) is 0 Å². The van der Waals surface area contributed by atoms with Gasteiger partial charge in [-0.3, -0.25) is 9.88 Å². The second-order valence-corrected chi connectivity index (χ2v) is 17.5. The summed E-state index contributed by atoms with van der Waals surface area (Å²) >= 11 is 0. The van der Waals surface area contributed by atoms with E-state index < -0.39 is 31.5 Å². The van der Waals surface area contributed by atoms with Crippen molar-refractivity contribution in [3.05, 3.63) is 53.9 Å². The number of nitrogens with zero attached hydrogens (tertiary/aromatic N) is 2. The highest BCUT2D eigenvalue weighted by Gasteiger charge is 2.61. The van der Waals surface area contributed by atoms with Crippen LogP contribution in [0.3, 0.4) is 0 Å². The number of benzene rings is 1. The first-order valence-corrected chi connectivity index (χ1v) is 15.7. The van der Waals surface area contributed by atoms with Crippen molar-refractivity contribution in [2.45, 2.75) is 96.6 Å². The van der Waals surface area contributed by atoms with Gasteiger partial charge >= 0.3 is 6.09 Å². The van der Waals surface area contributed by atoms with Crippen LogP contribution < -0.4 is 11.5 Å². The zero-order valence-electron chi connectivity index (χ0n) is 23.1. The highest BCUT2D eigenvalue weighted by Crippen LogP contribution is 2.56. The van der Waals surface area contributed by atoms with Gasteiger partial charge in [-0.1, -0.05) is 53.7 Å². The average molecular weight is 513 g/mol. The van der Waals surface area contributed by atoms with Crippen LogP contribution in [0, 0.1) is 5.41 Å². The lowest BCUT2D eigenvalue weighted by atomic mass is 9.67. The third-order valence-electron chi connectivity index (χ3n) is 8.42. The van der Waals surface area contributed by atoms with Crippen LogP contribution >= 0.6 is 0 Å². The Hall–Kier alpha value is -2.58. The van der Waals surface area contributed by atoms with Crippen LogP contribution in [0.25, 0.3) is 0 Å². The highest BCUT2D eigenvalue weighted by molar-refractivity contribution is 6.74. The van der Waals surface area contributed by atoms with Crippen molar-refractivity contribution < 1.29 is 14.3 Å². The molecule has 1 aliphatic heterocycles. The molecule has 1 saturated heterocycles. The maximum atomic E-state index is 13.1. The standard InChI is InChI=1S/C28H44N4O3Si/c1-26(2,3)28(24(20-10-9-15-31-18-20)35-36(7,8)27(4,5)6)14-13-21(32(28)25(33)34)16-19-11-12-22(29)23(30)17-19/h9-12,15,17-18,21,24H,13-14,16,29-30H2,1-8H3,(H,33,34)/t21-,24+,28-/m0/s1. The van der Waals surface area contributed by atoms with E-state index in [0.29, 0.717) is 24.2 Å². The average Bonchev–Trinajstić information content (AvgIpc) is 3.15. The molecule has 1 aromatic carbocycles. The molecule has 1 aromatic heterocycles. The quantitative estimate of drug-likeness (QED) is 0.301. The van der Waals surface area contributed by atoms with E-state index in [1.165, 1.54) is 0 Å². The van der Waals surface area contributed by atoms with Gasteiger partial charge in [0, 0.05) is 24.0 Å². The molecule has 2 heterocycles. The zero-order chi connectivity index (χ0) is 27.1. The summed E-state index contributed by atoms with van der Waals surface area (Å²) in [7, 11) is -2.30. The molecule has 1 fully saturated rings. The fourth-order valence-corrected chi connectivity index (χ4v) is 6.61. The smallest absolute Gasteiger partial charge is 0.408 e. The molecule has 198 valence electrons. The topological polar surface area (TPSA) is 115 Å². The lowest BCUT2D eigenvalue weighted by molar-refractivity contribution is -0.0706. The number of hydrogen-bond donors (Lipinski definition) is 3. The van der Waals surface area contributed by atoms with Gasteiger partial charge in [-0.25, -0.2) is 4.79 Å². The summed E-state index contributed by atoms with van der Waals surface area (Å²) in [5.74, 6) is 0. The SMILES string of the molecule is CC(C)(C)[C@@]1([C@H](O[Si](C)(C)C(C)(C)C)c2cccnc2)CC[C@@H](Cc2ccc(N)c(N)c2)N1C(=O)O. The minimum atomic E-state index is -2.30. The van der Waals surface area contributed by atoms with Crippen molar-refractivity contribution in [1.29, 1.82) is 0 Å². The molecule has 7 nitrogen and oxygen atoms in total. The number of amides is 1. The van der Waals surface area contributed by atoms with Crippen LogP contribution in [0.5, 0.6) is 0 Å². The molecule has 36 heavy (non-hydrogen) atoms. The fourth-order valence-electron chi connectivity index (χ4n) is 5.34. The Kier molecular flexibility index (Phi) is 7.55. The van der Waals surface area contributed by atoms with Gasteiger partial charge in [0.2, 0.25) is 0 Å². The van der Waals surface area contributed by atoms with Crippen molar-refractivity contribution in [3.8, 4) is 0 Å². The predicted octanol–water partition coefficient (Wildman–Crippen LogP) is 6.48. The Morgan fingerprint density at radius 2 is 1.86 bits per heavy atom. The molecule has 0 saturated carbocycles. The van der Waals surface area contributed by atoms with Crippen LogP contribution in [0.15, 0.2) is 42.7 Å². The molecular formula is C28H44N4O3Si. The summed E-state index contributed by atoms with van der Waals surface area (Å²) in [5, 5.41) is 10.7. The van der Waals surface area contributed by atoms with E-state index in [4.69, 9.17) is 15.9 Å². The number of pyridine rings is 1. The maximum absolute atomic E-state index is 13.1. The fraction of sp³-hybridized carbons (Fsp3) is 0.571.